The second-order valence-electron chi connectivity index (χ2n) is 6.84. The highest BCUT2D eigenvalue weighted by Gasteiger charge is 2.41. The molecule has 2 heterocycles. The number of rotatable bonds is 6. The van der Waals surface area contributed by atoms with Gasteiger partial charge < -0.3 is 24.6 Å². The van der Waals surface area contributed by atoms with Gasteiger partial charge in [-0.05, 0) is 38.1 Å². The van der Waals surface area contributed by atoms with Gasteiger partial charge in [0.15, 0.2) is 0 Å². The Morgan fingerprint density at radius 1 is 1.32 bits per heavy atom. The van der Waals surface area contributed by atoms with Gasteiger partial charge in [-0.2, -0.15) is 0 Å². The van der Waals surface area contributed by atoms with Crippen LogP contribution in [0.25, 0.3) is 0 Å². The lowest BCUT2D eigenvalue weighted by Crippen LogP contribution is -2.58. The summed E-state index contributed by atoms with van der Waals surface area (Å²) in [6.45, 7) is 4.02. The van der Waals surface area contributed by atoms with Crippen LogP contribution in [0.1, 0.15) is 28.2 Å². The van der Waals surface area contributed by atoms with Crippen molar-refractivity contribution in [1.29, 1.82) is 0 Å². The van der Waals surface area contributed by atoms with E-state index in [0.29, 0.717) is 29.3 Å². The number of primary amides is 1. The van der Waals surface area contributed by atoms with Crippen molar-refractivity contribution >= 4 is 11.8 Å². The minimum atomic E-state index is -1.10. The van der Waals surface area contributed by atoms with E-state index < -0.39 is 11.5 Å². The second kappa shape index (κ2) is 7.97. The quantitative estimate of drug-likeness (QED) is 0.801. The number of morpholine rings is 1. The van der Waals surface area contributed by atoms with Crippen molar-refractivity contribution in [3.63, 3.8) is 0 Å². The molecule has 0 spiro atoms. The van der Waals surface area contributed by atoms with E-state index in [-0.39, 0.29) is 37.9 Å². The average Bonchev–Trinajstić information content (AvgIpc) is 2.99. The average molecular weight is 391 g/mol. The number of nitrogens with two attached hydrogens (primary N) is 1. The monoisotopic (exact) mass is 391 g/mol. The SMILES string of the molecule is Cc1noc(C)c1C(=O)N1CCO[C@@](COc2ccc(F)cc2)(CC(N)=O)C1. The van der Waals surface area contributed by atoms with Crippen LogP contribution in [0, 0.1) is 19.7 Å². The highest BCUT2D eigenvalue weighted by Crippen LogP contribution is 2.26. The smallest absolute Gasteiger partial charge is 0.259 e. The molecule has 28 heavy (non-hydrogen) atoms. The molecule has 1 saturated heterocycles. The van der Waals surface area contributed by atoms with E-state index in [4.69, 9.17) is 19.7 Å². The van der Waals surface area contributed by atoms with E-state index in [9.17, 15) is 14.0 Å². The molecule has 1 fully saturated rings. The van der Waals surface area contributed by atoms with Crippen LogP contribution in [0.15, 0.2) is 28.8 Å². The van der Waals surface area contributed by atoms with Crippen LogP contribution in [0.2, 0.25) is 0 Å². The number of hydrogen-bond acceptors (Lipinski definition) is 6. The van der Waals surface area contributed by atoms with E-state index in [1.807, 2.05) is 0 Å². The maximum Gasteiger partial charge on any atom is 0.259 e. The fraction of sp³-hybridized carbons (Fsp3) is 0.421. The van der Waals surface area contributed by atoms with E-state index in [1.165, 1.54) is 24.3 Å². The third-order valence-electron chi connectivity index (χ3n) is 4.59. The Kier molecular flexibility index (Phi) is 5.64. The van der Waals surface area contributed by atoms with E-state index >= 15 is 0 Å². The lowest BCUT2D eigenvalue weighted by atomic mass is 9.96. The first-order valence-corrected chi connectivity index (χ1v) is 8.82. The fourth-order valence-electron chi connectivity index (χ4n) is 3.27. The largest absolute Gasteiger partial charge is 0.490 e. The number of carbonyl (C=O) groups excluding carboxylic acids is 2. The van der Waals surface area contributed by atoms with Gasteiger partial charge in [0.05, 0.1) is 25.3 Å². The van der Waals surface area contributed by atoms with Gasteiger partial charge >= 0.3 is 0 Å². The number of aromatic nitrogens is 1. The Labute approximate surface area is 161 Å². The first-order valence-electron chi connectivity index (χ1n) is 8.82. The van der Waals surface area contributed by atoms with Gasteiger partial charge in [0.1, 0.15) is 35.1 Å². The van der Waals surface area contributed by atoms with Gasteiger partial charge in [0.2, 0.25) is 5.91 Å². The maximum absolute atomic E-state index is 13.1. The molecule has 1 aliphatic rings. The summed E-state index contributed by atoms with van der Waals surface area (Å²) in [4.78, 5) is 26.2. The Hall–Kier alpha value is -2.94. The molecular formula is C19H22FN3O5. The zero-order valence-electron chi connectivity index (χ0n) is 15.7. The number of ether oxygens (including phenoxy) is 2. The maximum atomic E-state index is 13.1. The number of nitrogens with zero attached hydrogens (tertiary/aromatic N) is 2. The summed E-state index contributed by atoms with van der Waals surface area (Å²) in [7, 11) is 0. The molecule has 9 heteroatoms. The van der Waals surface area contributed by atoms with Crippen molar-refractivity contribution in [3.8, 4) is 5.75 Å². The molecule has 0 unspecified atom stereocenters. The lowest BCUT2D eigenvalue weighted by Gasteiger charge is -2.41. The molecule has 0 saturated carbocycles. The number of amides is 2. The van der Waals surface area contributed by atoms with Gasteiger partial charge in [0.25, 0.3) is 5.91 Å². The molecule has 3 rings (SSSR count). The van der Waals surface area contributed by atoms with E-state index in [1.54, 1.807) is 18.7 Å². The standard InChI is InChI=1S/C19H22FN3O5/c1-12-17(13(2)28-22-12)18(25)23-7-8-27-19(10-23,9-16(21)24)11-26-15-5-3-14(20)4-6-15/h3-6H,7-11H2,1-2H3,(H2,21,24)/t19-/m0/s1. The summed E-state index contributed by atoms with van der Waals surface area (Å²) in [5, 5.41) is 3.82. The van der Waals surface area contributed by atoms with Crippen molar-refractivity contribution < 1.29 is 28.0 Å². The minimum Gasteiger partial charge on any atom is -0.490 e. The van der Waals surface area contributed by atoms with Gasteiger partial charge in [-0.25, -0.2) is 4.39 Å². The molecule has 2 amide bonds. The summed E-state index contributed by atoms with van der Waals surface area (Å²) < 4.78 is 29.7. The first-order chi connectivity index (χ1) is 13.3. The van der Waals surface area contributed by atoms with E-state index in [0.717, 1.165) is 0 Å². The molecule has 8 nitrogen and oxygen atoms in total. The number of carbonyl (C=O) groups is 2. The molecule has 2 aromatic rings. The molecule has 1 atom stereocenters. The van der Waals surface area contributed by atoms with Gasteiger partial charge in [0, 0.05) is 6.54 Å². The van der Waals surface area contributed by atoms with Crippen LogP contribution < -0.4 is 10.5 Å². The molecular weight excluding hydrogens is 369 g/mol. The molecule has 0 radical (unpaired) electrons. The Balaban J connectivity index is 1.78. The first kappa shape index (κ1) is 19.8. The summed E-state index contributed by atoms with van der Waals surface area (Å²) in [6, 6.07) is 5.49. The third kappa shape index (κ3) is 4.30. The third-order valence-corrected chi connectivity index (χ3v) is 4.59. The molecule has 150 valence electrons. The highest BCUT2D eigenvalue weighted by atomic mass is 19.1. The summed E-state index contributed by atoms with van der Waals surface area (Å²) in [5.41, 5.74) is 5.20. The zero-order chi connectivity index (χ0) is 20.3. The van der Waals surface area contributed by atoms with E-state index in [2.05, 4.69) is 5.16 Å². The summed E-state index contributed by atoms with van der Waals surface area (Å²) in [6.07, 6.45) is -0.125. The van der Waals surface area contributed by atoms with Crippen LogP contribution >= 0.6 is 0 Å². The van der Waals surface area contributed by atoms with Crippen molar-refractivity contribution in [2.75, 3.05) is 26.3 Å². The highest BCUT2D eigenvalue weighted by molar-refractivity contribution is 5.96. The molecule has 1 aliphatic heterocycles. The summed E-state index contributed by atoms with van der Waals surface area (Å²) in [5.74, 6) is -0.367. The van der Waals surface area contributed by atoms with Crippen LogP contribution in [-0.4, -0.2) is 53.8 Å². The number of hydrogen-bond donors (Lipinski definition) is 1. The Morgan fingerprint density at radius 3 is 2.64 bits per heavy atom. The molecule has 2 N–H and O–H groups in total. The predicted molar refractivity (Wildman–Crippen MR) is 96.3 cm³/mol. The normalized spacial score (nSPS) is 19.5. The second-order valence-corrected chi connectivity index (χ2v) is 6.84. The molecule has 0 aliphatic carbocycles. The number of benzene rings is 1. The molecule has 0 bridgehead atoms. The van der Waals surface area contributed by atoms with Crippen molar-refractivity contribution in [2.45, 2.75) is 25.9 Å². The van der Waals surface area contributed by atoms with Gasteiger partial charge in [-0.3, -0.25) is 9.59 Å². The van der Waals surface area contributed by atoms with Crippen LogP contribution in [-0.2, 0) is 9.53 Å². The topological polar surface area (TPSA) is 108 Å². The predicted octanol–water partition coefficient (Wildman–Crippen LogP) is 1.60. The fourth-order valence-corrected chi connectivity index (χ4v) is 3.27. The zero-order valence-corrected chi connectivity index (χ0v) is 15.7. The lowest BCUT2D eigenvalue weighted by molar-refractivity contribution is -0.142. The molecule has 1 aromatic carbocycles. The van der Waals surface area contributed by atoms with Crippen molar-refractivity contribution in [1.82, 2.24) is 10.1 Å². The van der Waals surface area contributed by atoms with Crippen molar-refractivity contribution in [3.05, 3.63) is 47.1 Å². The molecule has 1 aromatic heterocycles. The van der Waals surface area contributed by atoms with Crippen LogP contribution in [0.3, 0.4) is 0 Å². The summed E-state index contributed by atoms with van der Waals surface area (Å²) >= 11 is 0. The van der Waals surface area contributed by atoms with Gasteiger partial charge in [-0.15, -0.1) is 0 Å². The Morgan fingerprint density at radius 2 is 2.04 bits per heavy atom. The Bertz CT molecular complexity index is 847. The van der Waals surface area contributed by atoms with Crippen molar-refractivity contribution in [2.24, 2.45) is 5.73 Å². The minimum absolute atomic E-state index is 0.0209. The van der Waals surface area contributed by atoms with Gasteiger partial charge in [-0.1, -0.05) is 5.16 Å². The van der Waals surface area contributed by atoms with Crippen LogP contribution in [0.5, 0.6) is 5.75 Å². The number of aryl methyl sites for hydroxylation is 2. The van der Waals surface area contributed by atoms with Crippen LogP contribution in [0.4, 0.5) is 4.39 Å². The number of halogens is 1.